The molecule has 4 rings (SSSR count). The van der Waals surface area contributed by atoms with E-state index in [-0.39, 0.29) is 0 Å². The first-order chi connectivity index (χ1) is 7.92. The molecule has 0 radical (unpaired) electrons. The second-order valence-corrected chi connectivity index (χ2v) is 4.15. The highest BCUT2D eigenvalue weighted by Crippen LogP contribution is 2.28. The molecule has 0 unspecified atom stereocenters. The van der Waals surface area contributed by atoms with Crippen LogP contribution in [0.25, 0.3) is 32.6 Å². The van der Waals surface area contributed by atoms with Gasteiger partial charge in [0.25, 0.3) is 0 Å². The molecule has 0 aliphatic heterocycles. The molecule has 2 nitrogen and oxygen atoms in total. The van der Waals surface area contributed by atoms with Gasteiger partial charge in [-0.3, -0.25) is 0 Å². The fourth-order valence-corrected chi connectivity index (χ4v) is 2.40. The summed E-state index contributed by atoms with van der Waals surface area (Å²) in [5, 5.41) is 5.10. The molecule has 2 aromatic heterocycles. The third-order valence-corrected chi connectivity index (χ3v) is 3.19. The lowest BCUT2D eigenvalue weighted by Gasteiger charge is -1.92. The van der Waals surface area contributed by atoms with Crippen LogP contribution in [0.3, 0.4) is 0 Å². The van der Waals surface area contributed by atoms with Crippen LogP contribution in [0.2, 0.25) is 0 Å². The van der Waals surface area contributed by atoms with Crippen LogP contribution in [0.1, 0.15) is 0 Å². The van der Waals surface area contributed by atoms with Crippen molar-refractivity contribution in [1.29, 1.82) is 0 Å². The molecular formula is C14H10N2. The van der Waals surface area contributed by atoms with Gasteiger partial charge in [0.2, 0.25) is 0 Å². The topological polar surface area (TPSA) is 31.6 Å². The van der Waals surface area contributed by atoms with E-state index < -0.39 is 0 Å². The molecule has 0 bridgehead atoms. The third-order valence-electron chi connectivity index (χ3n) is 3.19. The molecule has 2 heterocycles. The molecule has 0 saturated carbocycles. The number of rotatable bonds is 0. The summed E-state index contributed by atoms with van der Waals surface area (Å²) in [7, 11) is 0. The first kappa shape index (κ1) is 7.99. The monoisotopic (exact) mass is 206 g/mol. The minimum absolute atomic E-state index is 1.20. The SMILES string of the molecule is c1ccc2c(c1)[nH]c1cc3c[nH]cc3cc12. The Labute approximate surface area is 91.9 Å². The average molecular weight is 206 g/mol. The number of aromatic amines is 2. The Morgan fingerprint density at radius 3 is 2.50 bits per heavy atom. The molecule has 0 aliphatic rings. The zero-order valence-corrected chi connectivity index (χ0v) is 8.62. The first-order valence-electron chi connectivity index (χ1n) is 5.39. The van der Waals surface area contributed by atoms with Crippen LogP contribution in [0.15, 0.2) is 48.8 Å². The number of para-hydroxylation sites is 1. The Morgan fingerprint density at radius 1 is 0.750 bits per heavy atom. The van der Waals surface area contributed by atoms with Gasteiger partial charge in [-0.05, 0) is 23.6 Å². The Bertz CT molecular complexity index is 805. The van der Waals surface area contributed by atoms with Crippen LogP contribution in [-0.4, -0.2) is 9.97 Å². The molecule has 0 atom stereocenters. The van der Waals surface area contributed by atoms with Crippen molar-refractivity contribution >= 4 is 32.6 Å². The van der Waals surface area contributed by atoms with E-state index in [1.54, 1.807) is 0 Å². The molecule has 0 spiro atoms. The quantitative estimate of drug-likeness (QED) is 0.438. The number of nitrogens with one attached hydrogen (secondary N) is 2. The molecule has 2 N–H and O–H groups in total. The standard InChI is InChI=1S/C14H10N2/c1-2-4-13-11(3-1)12-5-9-7-15-8-10(9)6-14(12)16-13/h1-8,15-16H. The lowest BCUT2D eigenvalue weighted by atomic mass is 10.1. The second-order valence-electron chi connectivity index (χ2n) is 4.15. The summed E-state index contributed by atoms with van der Waals surface area (Å²) in [4.78, 5) is 6.58. The molecule has 0 amide bonds. The second kappa shape index (κ2) is 2.67. The van der Waals surface area contributed by atoms with E-state index in [0.29, 0.717) is 0 Å². The Kier molecular flexibility index (Phi) is 1.33. The zero-order valence-electron chi connectivity index (χ0n) is 8.62. The predicted octanol–water partition coefficient (Wildman–Crippen LogP) is 3.80. The molecule has 0 fully saturated rings. The van der Waals surface area contributed by atoms with E-state index in [0.717, 1.165) is 0 Å². The number of fused-ring (bicyclic) bond motifs is 4. The highest BCUT2D eigenvalue weighted by Gasteiger charge is 2.04. The maximum atomic E-state index is 3.45. The highest BCUT2D eigenvalue weighted by atomic mass is 14.7. The summed E-state index contributed by atoms with van der Waals surface area (Å²) < 4.78 is 0. The van der Waals surface area contributed by atoms with E-state index in [1.165, 1.54) is 32.6 Å². The van der Waals surface area contributed by atoms with E-state index in [4.69, 9.17) is 0 Å². The minimum atomic E-state index is 1.20. The summed E-state index contributed by atoms with van der Waals surface area (Å²) >= 11 is 0. The molecular weight excluding hydrogens is 196 g/mol. The number of H-pyrrole nitrogens is 2. The minimum Gasteiger partial charge on any atom is -0.366 e. The number of aromatic nitrogens is 2. The van der Waals surface area contributed by atoms with Crippen LogP contribution >= 0.6 is 0 Å². The summed E-state index contributed by atoms with van der Waals surface area (Å²) in [6.45, 7) is 0. The number of benzene rings is 2. The van der Waals surface area contributed by atoms with Crippen molar-refractivity contribution in [3.63, 3.8) is 0 Å². The summed E-state index contributed by atoms with van der Waals surface area (Å²) in [5.74, 6) is 0. The fraction of sp³-hybridized carbons (Fsp3) is 0. The number of hydrogen-bond acceptors (Lipinski definition) is 0. The lowest BCUT2D eigenvalue weighted by molar-refractivity contribution is 1.43. The summed E-state index contributed by atoms with van der Waals surface area (Å²) in [5.41, 5.74) is 2.41. The maximum absolute atomic E-state index is 3.45. The fourth-order valence-electron chi connectivity index (χ4n) is 2.40. The van der Waals surface area contributed by atoms with Crippen LogP contribution in [0.4, 0.5) is 0 Å². The van der Waals surface area contributed by atoms with Gasteiger partial charge in [-0.15, -0.1) is 0 Å². The van der Waals surface area contributed by atoms with Crippen molar-refractivity contribution < 1.29 is 0 Å². The molecule has 4 aromatic rings. The van der Waals surface area contributed by atoms with Crippen LogP contribution in [-0.2, 0) is 0 Å². The van der Waals surface area contributed by atoms with E-state index in [2.05, 4.69) is 46.4 Å². The maximum Gasteiger partial charge on any atom is 0.0471 e. The van der Waals surface area contributed by atoms with Gasteiger partial charge in [0, 0.05) is 39.6 Å². The van der Waals surface area contributed by atoms with Crippen LogP contribution in [0, 0.1) is 0 Å². The van der Waals surface area contributed by atoms with E-state index in [1.807, 2.05) is 12.4 Å². The molecule has 76 valence electrons. The van der Waals surface area contributed by atoms with Crippen LogP contribution < -0.4 is 0 Å². The average Bonchev–Trinajstić information content (AvgIpc) is 2.88. The normalized spacial score (nSPS) is 11.8. The van der Waals surface area contributed by atoms with Crippen molar-refractivity contribution in [3.8, 4) is 0 Å². The van der Waals surface area contributed by atoms with Crippen molar-refractivity contribution in [2.24, 2.45) is 0 Å². The van der Waals surface area contributed by atoms with E-state index in [9.17, 15) is 0 Å². The summed E-state index contributed by atoms with van der Waals surface area (Å²) in [6.07, 6.45) is 4.07. The largest absolute Gasteiger partial charge is 0.366 e. The predicted molar refractivity (Wildman–Crippen MR) is 67.7 cm³/mol. The van der Waals surface area contributed by atoms with Gasteiger partial charge in [0.15, 0.2) is 0 Å². The van der Waals surface area contributed by atoms with E-state index >= 15 is 0 Å². The van der Waals surface area contributed by atoms with Gasteiger partial charge in [-0.25, -0.2) is 0 Å². The van der Waals surface area contributed by atoms with Crippen molar-refractivity contribution in [1.82, 2.24) is 9.97 Å². The van der Waals surface area contributed by atoms with Crippen molar-refractivity contribution in [2.75, 3.05) is 0 Å². The Morgan fingerprint density at radius 2 is 1.56 bits per heavy atom. The van der Waals surface area contributed by atoms with Gasteiger partial charge >= 0.3 is 0 Å². The molecule has 2 heteroatoms. The van der Waals surface area contributed by atoms with Crippen LogP contribution in [0.5, 0.6) is 0 Å². The molecule has 0 aliphatic carbocycles. The van der Waals surface area contributed by atoms with Gasteiger partial charge in [0.05, 0.1) is 0 Å². The van der Waals surface area contributed by atoms with Gasteiger partial charge in [-0.1, -0.05) is 18.2 Å². The van der Waals surface area contributed by atoms with Gasteiger partial charge in [0.1, 0.15) is 0 Å². The first-order valence-corrected chi connectivity index (χ1v) is 5.39. The molecule has 16 heavy (non-hydrogen) atoms. The van der Waals surface area contributed by atoms with Gasteiger partial charge in [-0.2, -0.15) is 0 Å². The Hall–Kier alpha value is -2.22. The smallest absolute Gasteiger partial charge is 0.0471 e. The van der Waals surface area contributed by atoms with Gasteiger partial charge < -0.3 is 9.97 Å². The van der Waals surface area contributed by atoms with Crippen molar-refractivity contribution in [2.45, 2.75) is 0 Å². The lowest BCUT2D eigenvalue weighted by Crippen LogP contribution is -1.67. The zero-order chi connectivity index (χ0) is 10.5. The highest BCUT2D eigenvalue weighted by molar-refractivity contribution is 6.11. The van der Waals surface area contributed by atoms with Crippen molar-refractivity contribution in [3.05, 3.63) is 48.8 Å². The number of hydrogen-bond donors (Lipinski definition) is 2. The molecule has 2 aromatic carbocycles. The molecule has 0 saturated heterocycles. The summed E-state index contributed by atoms with van der Waals surface area (Å²) in [6, 6.07) is 12.8. The Balaban J connectivity index is 2.32. The third kappa shape index (κ3) is 0.910.